The normalized spacial score (nSPS) is 12.6. The Hall–Kier alpha value is -2.76. The number of fused-ring (bicyclic) bond motifs is 6. The molecule has 0 radical (unpaired) electrons. The highest BCUT2D eigenvalue weighted by molar-refractivity contribution is 7.22. The van der Waals surface area contributed by atoms with Crippen molar-refractivity contribution in [1.29, 1.82) is 0 Å². The molecule has 0 saturated heterocycles. The molecule has 32 heavy (non-hydrogen) atoms. The molecule has 0 spiro atoms. The van der Waals surface area contributed by atoms with Gasteiger partial charge in [0.2, 0.25) is 0 Å². The monoisotopic (exact) mass is 480 g/mol. The van der Waals surface area contributed by atoms with Crippen molar-refractivity contribution in [3.63, 3.8) is 0 Å². The highest BCUT2D eigenvalue weighted by Crippen LogP contribution is 2.41. The van der Waals surface area contributed by atoms with Crippen molar-refractivity contribution in [3.05, 3.63) is 105 Å². The van der Waals surface area contributed by atoms with Gasteiger partial charge in [0.1, 0.15) is 0 Å². The molecule has 0 bridgehead atoms. The molecule has 4 aromatic heterocycles. The molecule has 0 N–H and O–H groups in total. The van der Waals surface area contributed by atoms with E-state index in [4.69, 9.17) is 0 Å². The van der Waals surface area contributed by atoms with Crippen molar-refractivity contribution in [3.8, 4) is 0 Å². The standard InChI is InChI=1S/C28H16S4/c1-2-4-17(5-3-1)21(28-16-23-20-11-13-30-25(20)7-9-27(23)32-28)14-18-15-22-19-10-12-29-24(19)6-8-26(22)31-18/h1-16H/b21-14+. The van der Waals surface area contributed by atoms with Gasteiger partial charge in [0, 0.05) is 55.7 Å². The van der Waals surface area contributed by atoms with Crippen LogP contribution in [0.25, 0.3) is 52.0 Å². The zero-order valence-corrected chi connectivity index (χ0v) is 20.1. The SMILES string of the molecule is C(=C(/c1ccccc1)c1cc2c(ccc3sccc32)s1)/c1cc2c(ccc3sccc32)s1. The van der Waals surface area contributed by atoms with Gasteiger partial charge in [-0.3, -0.25) is 0 Å². The maximum atomic E-state index is 2.39. The fourth-order valence-corrected chi connectivity index (χ4v) is 8.15. The van der Waals surface area contributed by atoms with Gasteiger partial charge < -0.3 is 0 Å². The molecule has 4 heterocycles. The van der Waals surface area contributed by atoms with Gasteiger partial charge in [-0.2, -0.15) is 0 Å². The summed E-state index contributed by atoms with van der Waals surface area (Å²) in [4.78, 5) is 2.62. The smallest absolute Gasteiger partial charge is 0.0362 e. The fraction of sp³-hybridized carbons (Fsp3) is 0. The first-order valence-electron chi connectivity index (χ1n) is 10.4. The van der Waals surface area contributed by atoms with Crippen LogP contribution < -0.4 is 0 Å². The summed E-state index contributed by atoms with van der Waals surface area (Å²) in [5.41, 5.74) is 2.56. The molecule has 0 aliphatic carbocycles. The second-order valence-corrected chi connectivity index (χ2v) is 11.9. The van der Waals surface area contributed by atoms with Gasteiger partial charge in [0.25, 0.3) is 0 Å². The molecule has 152 valence electrons. The molecule has 4 heteroatoms. The minimum Gasteiger partial charge on any atom is -0.144 e. The van der Waals surface area contributed by atoms with Crippen LogP contribution >= 0.6 is 45.3 Å². The second-order valence-electron chi connectivity index (χ2n) is 7.80. The predicted molar refractivity (Wildman–Crippen MR) is 148 cm³/mol. The van der Waals surface area contributed by atoms with E-state index >= 15 is 0 Å². The highest BCUT2D eigenvalue weighted by atomic mass is 32.1. The zero-order chi connectivity index (χ0) is 21.1. The maximum Gasteiger partial charge on any atom is 0.0362 e. The Balaban J connectivity index is 1.46. The summed E-state index contributed by atoms with van der Waals surface area (Å²) < 4.78 is 5.42. The van der Waals surface area contributed by atoms with Crippen LogP contribution in [0.2, 0.25) is 0 Å². The third-order valence-corrected chi connectivity index (χ3v) is 9.87. The predicted octanol–water partition coefficient (Wildman–Crippen LogP) is 10.1. The van der Waals surface area contributed by atoms with Crippen LogP contribution in [0.5, 0.6) is 0 Å². The number of thiophene rings is 4. The summed E-state index contributed by atoms with van der Waals surface area (Å²) in [6, 6.07) is 29.1. The molecule has 0 aliphatic heterocycles. The van der Waals surface area contributed by atoms with Crippen LogP contribution in [0, 0.1) is 0 Å². The molecule has 7 rings (SSSR count). The number of rotatable bonds is 3. The van der Waals surface area contributed by atoms with Crippen molar-refractivity contribution in [2.45, 2.75) is 0 Å². The van der Waals surface area contributed by atoms with Crippen molar-refractivity contribution >= 4 is 97.3 Å². The second kappa shape index (κ2) is 7.39. The lowest BCUT2D eigenvalue weighted by atomic mass is 10.0. The molecular weight excluding hydrogens is 465 g/mol. The van der Waals surface area contributed by atoms with Gasteiger partial charge >= 0.3 is 0 Å². The van der Waals surface area contributed by atoms with Crippen molar-refractivity contribution in [2.24, 2.45) is 0 Å². The van der Waals surface area contributed by atoms with E-state index in [-0.39, 0.29) is 0 Å². The average Bonchev–Trinajstić information content (AvgIpc) is 3.61. The van der Waals surface area contributed by atoms with Crippen LogP contribution in [0.3, 0.4) is 0 Å². The summed E-state index contributed by atoms with van der Waals surface area (Å²) >= 11 is 7.40. The van der Waals surface area contributed by atoms with Gasteiger partial charge in [0.05, 0.1) is 0 Å². The first-order valence-corrected chi connectivity index (χ1v) is 13.8. The van der Waals surface area contributed by atoms with E-state index in [1.807, 2.05) is 45.3 Å². The molecular formula is C28H16S4. The van der Waals surface area contributed by atoms with Crippen LogP contribution in [-0.4, -0.2) is 0 Å². The molecule has 0 nitrogen and oxygen atoms in total. The largest absolute Gasteiger partial charge is 0.144 e. The third-order valence-electron chi connectivity index (χ3n) is 5.92. The molecule has 0 fully saturated rings. The van der Waals surface area contributed by atoms with Crippen LogP contribution in [0.15, 0.2) is 89.6 Å². The minimum absolute atomic E-state index is 1.26. The van der Waals surface area contributed by atoms with E-state index in [1.54, 1.807) is 0 Å². The Bertz CT molecular complexity index is 1770. The first kappa shape index (κ1) is 18.8. The summed E-state index contributed by atoms with van der Waals surface area (Å²) in [5, 5.41) is 9.84. The summed E-state index contributed by atoms with van der Waals surface area (Å²) in [5.74, 6) is 0. The molecule has 0 aliphatic rings. The van der Waals surface area contributed by atoms with Crippen LogP contribution in [-0.2, 0) is 0 Å². The first-order chi connectivity index (χ1) is 15.8. The Morgan fingerprint density at radius 2 is 1.19 bits per heavy atom. The Kier molecular flexibility index (Phi) is 4.34. The molecule has 0 amide bonds. The Morgan fingerprint density at radius 1 is 0.562 bits per heavy atom. The lowest BCUT2D eigenvalue weighted by molar-refractivity contribution is 1.62. The number of benzene rings is 3. The van der Waals surface area contributed by atoms with E-state index in [0.717, 1.165) is 0 Å². The van der Waals surface area contributed by atoms with Crippen LogP contribution in [0.4, 0.5) is 0 Å². The van der Waals surface area contributed by atoms with Gasteiger partial charge in [-0.15, -0.1) is 45.3 Å². The fourth-order valence-electron chi connectivity index (χ4n) is 4.41. The zero-order valence-electron chi connectivity index (χ0n) is 16.9. The van der Waals surface area contributed by atoms with E-state index < -0.39 is 0 Å². The van der Waals surface area contributed by atoms with Gasteiger partial charge in [-0.1, -0.05) is 30.3 Å². The van der Waals surface area contributed by atoms with Crippen molar-refractivity contribution < 1.29 is 0 Å². The third kappa shape index (κ3) is 2.99. The highest BCUT2D eigenvalue weighted by Gasteiger charge is 2.13. The van der Waals surface area contributed by atoms with E-state index in [0.29, 0.717) is 0 Å². The molecule has 0 unspecified atom stereocenters. The van der Waals surface area contributed by atoms with Gasteiger partial charge in [-0.25, -0.2) is 0 Å². The van der Waals surface area contributed by atoms with Gasteiger partial charge in [0.15, 0.2) is 0 Å². The topological polar surface area (TPSA) is 0 Å². The Labute approximate surface area is 201 Å². The quantitative estimate of drug-likeness (QED) is 0.236. The molecule has 7 aromatic rings. The van der Waals surface area contributed by atoms with E-state index in [1.165, 1.54) is 61.2 Å². The van der Waals surface area contributed by atoms with Crippen molar-refractivity contribution in [2.75, 3.05) is 0 Å². The van der Waals surface area contributed by atoms with Crippen LogP contribution in [0.1, 0.15) is 15.3 Å². The average molecular weight is 481 g/mol. The molecule has 0 atom stereocenters. The molecule has 0 saturated carbocycles. The lowest BCUT2D eigenvalue weighted by Crippen LogP contribution is -1.83. The van der Waals surface area contributed by atoms with E-state index in [2.05, 4.69) is 95.7 Å². The number of hydrogen-bond acceptors (Lipinski definition) is 4. The number of hydrogen-bond donors (Lipinski definition) is 0. The Morgan fingerprint density at radius 3 is 1.91 bits per heavy atom. The molecule has 3 aromatic carbocycles. The summed E-state index contributed by atoms with van der Waals surface area (Å²) in [7, 11) is 0. The van der Waals surface area contributed by atoms with Gasteiger partial charge in [-0.05, 0) is 70.9 Å². The minimum atomic E-state index is 1.26. The summed E-state index contributed by atoms with van der Waals surface area (Å²) in [6.45, 7) is 0. The maximum absolute atomic E-state index is 2.39. The lowest BCUT2D eigenvalue weighted by Gasteiger charge is -2.05. The van der Waals surface area contributed by atoms with Crippen molar-refractivity contribution in [1.82, 2.24) is 0 Å². The van der Waals surface area contributed by atoms with E-state index in [9.17, 15) is 0 Å². The summed E-state index contributed by atoms with van der Waals surface area (Å²) in [6.07, 6.45) is 2.38.